The minimum Gasteiger partial charge on any atom is -0.0616 e. The summed E-state index contributed by atoms with van der Waals surface area (Å²) >= 11 is 0. The van der Waals surface area contributed by atoms with Gasteiger partial charge in [0.2, 0.25) is 0 Å². The Morgan fingerprint density at radius 2 is 0.467 bits per heavy atom. The minimum absolute atomic E-state index is 0.975. The second kappa shape index (κ2) is 16.3. The van der Waals surface area contributed by atoms with E-state index in [-0.39, 0.29) is 0 Å². The van der Waals surface area contributed by atoms with Crippen molar-refractivity contribution in [1.82, 2.24) is 0 Å². The second-order valence-electron chi connectivity index (χ2n) is 14.9. The van der Waals surface area contributed by atoms with Crippen LogP contribution in [0, 0.1) is 35.5 Å². The zero-order chi connectivity index (χ0) is 40.1. The molecule has 0 saturated carbocycles. The Morgan fingerprint density at radius 1 is 0.200 bits per heavy atom. The molecule has 0 saturated heterocycles. The summed E-state index contributed by atoms with van der Waals surface area (Å²) in [6, 6.07) is 76.6. The molecule has 0 atom stereocenters. The zero-order valence-electron chi connectivity index (χ0n) is 32.8. The molecule has 0 heterocycles. The van der Waals surface area contributed by atoms with E-state index in [2.05, 4.69) is 254 Å². The van der Waals surface area contributed by atoms with E-state index in [9.17, 15) is 0 Å². The topological polar surface area (TPSA) is 0 Å². The third-order valence-corrected chi connectivity index (χ3v) is 11.0. The molecule has 0 bridgehead atoms. The second-order valence-corrected chi connectivity index (χ2v) is 14.9. The number of benzene rings is 10. The fraction of sp³-hybridized carbons (Fsp3) is 0. The van der Waals surface area contributed by atoms with Crippen LogP contribution in [0.2, 0.25) is 0 Å². The molecular formula is C60H36. The van der Waals surface area contributed by atoms with Crippen molar-refractivity contribution in [2.24, 2.45) is 0 Å². The lowest BCUT2D eigenvalue weighted by molar-refractivity contribution is 1.54. The summed E-state index contributed by atoms with van der Waals surface area (Å²) in [5, 5.41) is 7.10. The van der Waals surface area contributed by atoms with Gasteiger partial charge in [0.05, 0.1) is 0 Å². The number of rotatable bonds is 3. The summed E-state index contributed by atoms with van der Waals surface area (Å²) in [6.07, 6.45) is 0. The van der Waals surface area contributed by atoms with Gasteiger partial charge in [-0.1, -0.05) is 181 Å². The van der Waals surface area contributed by atoms with Crippen LogP contribution in [0.3, 0.4) is 0 Å². The van der Waals surface area contributed by atoms with Crippen LogP contribution in [-0.4, -0.2) is 0 Å². The van der Waals surface area contributed by atoms with Crippen LogP contribution in [0.15, 0.2) is 218 Å². The van der Waals surface area contributed by atoms with Gasteiger partial charge in [0.15, 0.2) is 0 Å². The molecular weight excluding hydrogens is 721 g/mol. The molecule has 10 aromatic carbocycles. The van der Waals surface area contributed by atoms with Gasteiger partial charge in [-0.2, -0.15) is 0 Å². The Morgan fingerprint density at radius 3 is 0.767 bits per heavy atom. The smallest absolute Gasteiger partial charge is 0.0327 e. The SMILES string of the molecule is C(#Cc1cccc2ccccc12)c1ccc(-c2cc(-c3ccc(C#Cc4cccc5ccccc45)cc3)cc(-c3ccc(C#Cc4cccc5ccccc45)cc3)c2)cc1. The first-order valence-corrected chi connectivity index (χ1v) is 20.2. The van der Waals surface area contributed by atoms with Crippen LogP contribution in [0.1, 0.15) is 33.4 Å². The summed E-state index contributed by atoms with van der Waals surface area (Å²) in [4.78, 5) is 0. The van der Waals surface area contributed by atoms with Gasteiger partial charge in [0.25, 0.3) is 0 Å². The number of hydrogen-bond donors (Lipinski definition) is 0. The largest absolute Gasteiger partial charge is 0.0616 e. The van der Waals surface area contributed by atoms with Crippen LogP contribution in [0.5, 0.6) is 0 Å². The molecule has 10 aromatic rings. The van der Waals surface area contributed by atoms with Crippen LogP contribution < -0.4 is 0 Å². The van der Waals surface area contributed by atoms with Gasteiger partial charge in [-0.15, -0.1) is 0 Å². The molecule has 0 spiro atoms. The lowest BCUT2D eigenvalue weighted by Crippen LogP contribution is -1.88. The molecule has 276 valence electrons. The van der Waals surface area contributed by atoms with Gasteiger partial charge in [0, 0.05) is 33.4 Å². The maximum absolute atomic E-state index is 3.42. The summed E-state index contributed by atoms with van der Waals surface area (Å²) in [6.45, 7) is 0. The first-order valence-electron chi connectivity index (χ1n) is 20.2. The highest BCUT2D eigenvalue weighted by molar-refractivity contribution is 5.90. The van der Waals surface area contributed by atoms with Gasteiger partial charge in [-0.25, -0.2) is 0 Å². The average molecular weight is 757 g/mol. The fourth-order valence-electron chi connectivity index (χ4n) is 7.79. The Labute approximate surface area is 351 Å². The van der Waals surface area contributed by atoms with Crippen molar-refractivity contribution in [2.45, 2.75) is 0 Å². The van der Waals surface area contributed by atoms with Crippen molar-refractivity contribution in [3.05, 3.63) is 252 Å². The molecule has 0 radical (unpaired) electrons. The predicted molar refractivity (Wildman–Crippen MR) is 253 cm³/mol. The average Bonchev–Trinajstić information content (AvgIpc) is 3.32. The molecule has 0 unspecified atom stereocenters. The van der Waals surface area contributed by atoms with Crippen molar-refractivity contribution in [2.75, 3.05) is 0 Å². The van der Waals surface area contributed by atoms with Crippen LogP contribution in [0.25, 0.3) is 65.7 Å². The van der Waals surface area contributed by atoms with E-state index in [4.69, 9.17) is 0 Å². The van der Waals surface area contributed by atoms with E-state index >= 15 is 0 Å². The molecule has 0 aliphatic rings. The van der Waals surface area contributed by atoms with Crippen molar-refractivity contribution in [3.8, 4) is 68.9 Å². The highest BCUT2D eigenvalue weighted by Gasteiger charge is 2.09. The van der Waals surface area contributed by atoms with Gasteiger partial charge < -0.3 is 0 Å². The third-order valence-electron chi connectivity index (χ3n) is 11.0. The van der Waals surface area contributed by atoms with Gasteiger partial charge >= 0.3 is 0 Å². The molecule has 0 amide bonds. The van der Waals surface area contributed by atoms with E-state index in [0.29, 0.717) is 0 Å². The lowest BCUT2D eigenvalue weighted by Gasteiger charge is -2.12. The van der Waals surface area contributed by atoms with E-state index in [1.54, 1.807) is 0 Å². The minimum atomic E-state index is 0.975. The van der Waals surface area contributed by atoms with Crippen molar-refractivity contribution < 1.29 is 0 Å². The highest BCUT2D eigenvalue weighted by Crippen LogP contribution is 2.34. The van der Waals surface area contributed by atoms with Crippen LogP contribution >= 0.6 is 0 Å². The highest BCUT2D eigenvalue weighted by atomic mass is 14.1. The lowest BCUT2D eigenvalue weighted by atomic mass is 9.92. The van der Waals surface area contributed by atoms with Crippen molar-refractivity contribution in [3.63, 3.8) is 0 Å². The Balaban J connectivity index is 0.979. The fourth-order valence-corrected chi connectivity index (χ4v) is 7.79. The summed E-state index contributed by atoms with van der Waals surface area (Å²) < 4.78 is 0. The third kappa shape index (κ3) is 7.69. The molecule has 60 heavy (non-hydrogen) atoms. The Bertz CT molecular complexity index is 3010. The Kier molecular flexibility index (Phi) is 9.76. The molecule has 0 fully saturated rings. The van der Waals surface area contributed by atoms with E-state index in [1.807, 2.05) is 0 Å². The number of fused-ring (bicyclic) bond motifs is 3. The molecule has 0 aliphatic heterocycles. The maximum Gasteiger partial charge on any atom is 0.0327 e. The monoisotopic (exact) mass is 756 g/mol. The van der Waals surface area contributed by atoms with Crippen molar-refractivity contribution >= 4 is 32.3 Å². The van der Waals surface area contributed by atoms with Gasteiger partial charge in [-0.05, 0) is 138 Å². The maximum atomic E-state index is 3.42. The van der Waals surface area contributed by atoms with E-state index in [1.165, 1.54) is 32.3 Å². The van der Waals surface area contributed by atoms with Crippen LogP contribution in [0.4, 0.5) is 0 Å². The van der Waals surface area contributed by atoms with E-state index in [0.717, 1.165) is 66.8 Å². The van der Waals surface area contributed by atoms with Crippen LogP contribution in [-0.2, 0) is 0 Å². The summed E-state index contributed by atoms with van der Waals surface area (Å²) in [5.74, 6) is 20.5. The van der Waals surface area contributed by atoms with Crippen molar-refractivity contribution in [1.29, 1.82) is 0 Å². The normalized spacial score (nSPS) is 10.6. The number of hydrogen-bond acceptors (Lipinski definition) is 0. The molecule has 10 rings (SSSR count). The first-order chi connectivity index (χ1) is 29.7. The summed E-state index contributed by atoms with van der Waals surface area (Å²) in [5.41, 5.74) is 12.8. The first kappa shape index (κ1) is 36.0. The molecule has 0 nitrogen and oxygen atoms in total. The summed E-state index contributed by atoms with van der Waals surface area (Å²) in [7, 11) is 0. The molecule has 0 heteroatoms. The zero-order valence-corrected chi connectivity index (χ0v) is 32.8. The Hall–Kier alpha value is -8.34. The van der Waals surface area contributed by atoms with E-state index < -0.39 is 0 Å². The standard InChI is InChI=1S/C60H36/c1-4-19-58-49(10-1)13-7-16-52(58)37-28-43-22-31-46(32-23-43)55-40-56(47-33-24-44(25-34-47)29-38-53-17-8-14-50-11-2-5-20-59(50)53)42-57(41-55)48-35-26-45(27-36-48)30-39-54-18-9-15-51-12-3-6-21-60(51)54/h1-27,31-36,40-42H. The predicted octanol–water partition coefficient (Wildman–Crippen LogP) is 14.3. The molecule has 0 N–H and O–H groups in total. The van der Waals surface area contributed by atoms with Gasteiger partial charge in [-0.3, -0.25) is 0 Å². The quantitative estimate of drug-likeness (QED) is 0.158. The molecule has 0 aliphatic carbocycles. The molecule has 0 aromatic heterocycles. The van der Waals surface area contributed by atoms with Gasteiger partial charge in [0.1, 0.15) is 0 Å².